The molecule has 3 nitrogen and oxygen atoms in total. The highest BCUT2D eigenvalue weighted by Gasteiger charge is 2.09. The van der Waals surface area contributed by atoms with Crippen LogP contribution in [0.4, 0.5) is 10.1 Å². The Bertz CT molecular complexity index is 1070. The van der Waals surface area contributed by atoms with Gasteiger partial charge >= 0.3 is 0 Å². The fourth-order valence-electron chi connectivity index (χ4n) is 2.90. The normalized spacial score (nSPS) is 11.7. The molecular weight excluding hydrogens is 357 g/mol. The van der Waals surface area contributed by atoms with E-state index in [4.69, 9.17) is 4.99 Å². The zero-order valence-corrected chi connectivity index (χ0v) is 15.4. The smallest absolute Gasteiger partial charge is 0.190 e. The predicted molar refractivity (Wildman–Crippen MR) is 107 cm³/mol. The number of hydrogen-bond acceptors (Lipinski definition) is 3. The van der Waals surface area contributed by atoms with E-state index in [2.05, 4.69) is 39.2 Å². The van der Waals surface area contributed by atoms with Gasteiger partial charge in [-0.25, -0.2) is 9.38 Å². The summed E-state index contributed by atoms with van der Waals surface area (Å²) in [4.78, 5) is 9.80. The van der Waals surface area contributed by atoms with Crippen molar-refractivity contribution in [2.24, 2.45) is 4.99 Å². The van der Waals surface area contributed by atoms with Crippen LogP contribution in [0, 0.1) is 5.82 Å². The SMILES string of the molecule is Fc1ccc(-c2csc(=Nc3cccnc3)n2CCc2ccccc2)cc1. The Hall–Kier alpha value is -3.05. The molecule has 5 heteroatoms. The number of halogens is 1. The van der Waals surface area contributed by atoms with Crippen LogP contribution in [0.25, 0.3) is 11.3 Å². The molecule has 4 rings (SSSR count). The second-order valence-corrected chi connectivity index (χ2v) is 6.96. The minimum absolute atomic E-state index is 0.231. The number of benzene rings is 2. The molecule has 0 saturated heterocycles. The molecule has 0 aliphatic rings. The third-order valence-electron chi connectivity index (χ3n) is 4.28. The van der Waals surface area contributed by atoms with Crippen LogP contribution in [0.2, 0.25) is 0 Å². The second-order valence-electron chi connectivity index (χ2n) is 6.12. The maximum absolute atomic E-state index is 13.3. The molecular formula is C22H18FN3S. The van der Waals surface area contributed by atoms with Crippen molar-refractivity contribution in [3.63, 3.8) is 0 Å². The number of thiazole rings is 1. The van der Waals surface area contributed by atoms with Gasteiger partial charge in [-0.05, 0) is 53.9 Å². The van der Waals surface area contributed by atoms with Gasteiger partial charge in [0, 0.05) is 18.1 Å². The molecule has 0 spiro atoms. The summed E-state index contributed by atoms with van der Waals surface area (Å²) in [5.41, 5.74) is 4.11. The maximum atomic E-state index is 13.3. The van der Waals surface area contributed by atoms with Crippen molar-refractivity contribution in [2.75, 3.05) is 0 Å². The molecule has 134 valence electrons. The average molecular weight is 375 g/mol. The zero-order valence-electron chi connectivity index (χ0n) is 14.6. The minimum Gasteiger partial charge on any atom is -0.316 e. The van der Waals surface area contributed by atoms with Gasteiger partial charge in [0.05, 0.1) is 17.6 Å². The molecule has 0 bridgehead atoms. The first-order valence-corrected chi connectivity index (χ1v) is 9.60. The van der Waals surface area contributed by atoms with Gasteiger partial charge < -0.3 is 4.57 Å². The van der Waals surface area contributed by atoms with Gasteiger partial charge in [-0.1, -0.05) is 30.3 Å². The van der Waals surface area contributed by atoms with E-state index in [1.54, 1.807) is 23.7 Å². The van der Waals surface area contributed by atoms with Crippen LogP contribution in [0.1, 0.15) is 5.56 Å². The highest BCUT2D eigenvalue weighted by molar-refractivity contribution is 7.07. The lowest BCUT2D eigenvalue weighted by Gasteiger charge is -2.09. The lowest BCUT2D eigenvalue weighted by atomic mass is 10.1. The molecule has 0 radical (unpaired) electrons. The largest absolute Gasteiger partial charge is 0.316 e. The van der Waals surface area contributed by atoms with Crippen molar-refractivity contribution >= 4 is 17.0 Å². The molecule has 0 saturated carbocycles. The van der Waals surface area contributed by atoms with E-state index >= 15 is 0 Å². The molecule has 0 N–H and O–H groups in total. The Morgan fingerprint density at radius 1 is 0.963 bits per heavy atom. The third-order valence-corrected chi connectivity index (χ3v) is 5.14. The van der Waals surface area contributed by atoms with Crippen molar-refractivity contribution in [1.82, 2.24) is 9.55 Å². The standard InChI is InChI=1S/C22H18FN3S/c23-19-10-8-18(9-11-19)21-16-27-22(25-20-7-4-13-24-15-20)26(21)14-12-17-5-2-1-3-6-17/h1-11,13,15-16H,12,14H2. The van der Waals surface area contributed by atoms with Crippen molar-refractivity contribution in [3.8, 4) is 11.3 Å². The molecule has 2 aromatic heterocycles. The fourth-order valence-corrected chi connectivity index (χ4v) is 3.86. The predicted octanol–water partition coefficient (Wildman–Crippen LogP) is 5.23. The summed E-state index contributed by atoms with van der Waals surface area (Å²) < 4.78 is 15.5. The Labute approximate surface area is 161 Å². The molecule has 0 aliphatic heterocycles. The van der Waals surface area contributed by atoms with Gasteiger partial charge in [-0.15, -0.1) is 11.3 Å². The van der Waals surface area contributed by atoms with Crippen LogP contribution < -0.4 is 4.80 Å². The van der Waals surface area contributed by atoms with E-state index < -0.39 is 0 Å². The summed E-state index contributed by atoms with van der Waals surface area (Å²) in [5.74, 6) is -0.231. The van der Waals surface area contributed by atoms with Gasteiger partial charge in [0.15, 0.2) is 4.80 Å². The van der Waals surface area contributed by atoms with Crippen LogP contribution in [-0.2, 0) is 13.0 Å². The minimum atomic E-state index is -0.231. The van der Waals surface area contributed by atoms with E-state index in [0.717, 1.165) is 34.7 Å². The Balaban J connectivity index is 1.75. The first-order chi connectivity index (χ1) is 13.3. The third kappa shape index (κ3) is 4.20. The van der Waals surface area contributed by atoms with Crippen LogP contribution in [0.5, 0.6) is 0 Å². The first-order valence-electron chi connectivity index (χ1n) is 8.72. The fraction of sp³-hybridized carbons (Fsp3) is 0.0909. The molecule has 0 unspecified atom stereocenters. The van der Waals surface area contributed by atoms with Gasteiger partial charge in [-0.3, -0.25) is 4.98 Å². The average Bonchev–Trinajstić information content (AvgIpc) is 3.11. The summed E-state index contributed by atoms with van der Waals surface area (Å²) in [6, 6.07) is 20.8. The van der Waals surface area contributed by atoms with Crippen LogP contribution in [0.15, 0.2) is 89.5 Å². The van der Waals surface area contributed by atoms with Crippen LogP contribution >= 0.6 is 11.3 Å². The molecule has 0 atom stereocenters. The molecule has 0 aliphatic carbocycles. The lowest BCUT2D eigenvalue weighted by Crippen LogP contribution is -2.17. The summed E-state index contributed by atoms with van der Waals surface area (Å²) in [5, 5.41) is 2.08. The summed E-state index contributed by atoms with van der Waals surface area (Å²) >= 11 is 1.58. The Morgan fingerprint density at radius 2 is 1.78 bits per heavy atom. The molecule has 0 fully saturated rings. The van der Waals surface area contributed by atoms with Gasteiger partial charge in [-0.2, -0.15) is 0 Å². The van der Waals surface area contributed by atoms with Gasteiger partial charge in [0.1, 0.15) is 5.82 Å². The van der Waals surface area contributed by atoms with Crippen molar-refractivity contribution in [1.29, 1.82) is 0 Å². The van der Waals surface area contributed by atoms with Crippen LogP contribution in [-0.4, -0.2) is 9.55 Å². The molecule has 2 heterocycles. The highest BCUT2D eigenvalue weighted by Crippen LogP contribution is 2.21. The number of hydrogen-bond donors (Lipinski definition) is 0. The van der Waals surface area contributed by atoms with E-state index in [-0.39, 0.29) is 5.82 Å². The Morgan fingerprint density at radius 3 is 2.52 bits per heavy atom. The van der Waals surface area contributed by atoms with Crippen molar-refractivity contribution < 1.29 is 4.39 Å². The highest BCUT2D eigenvalue weighted by atomic mass is 32.1. The number of nitrogens with zero attached hydrogens (tertiary/aromatic N) is 3. The molecule has 0 amide bonds. The number of aryl methyl sites for hydroxylation is 1. The van der Waals surface area contributed by atoms with Gasteiger partial charge in [0.25, 0.3) is 0 Å². The molecule has 27 heavy (non-hydrogen) atoms. The van der Waals surface area contributed by atoms with Gasteiger partial charge in [0.2, 0.25) is 0 Å². The van der Waals surface area contributed by atoms with E-state index in [1.807, 2.05) is 30.3 Å². The number of pyridine rings is 1. The number of aromatic nitrogens is 2. The Kier molecular flexibility index (Phi) is 5.21. The van der Waals surface area contributed by atoms with Crippen molar-refractivity contribution in [3.05, 3.63) is 101 Å². The quantitative estimate of drug-likeness (QED) is 0.470. The molecule has 4 aromatic rings. The van der Waals surface area contributed by atoms with Crippen molar-refractivity contribution in [2.45, 2.75) is 13.0 Å². The maximum Gasteiger partial charge on any atom is 0.190 e. The molecule has 2 aromatic carbocycles. The van der Waals surface area contributed by atoms with E-state index in [1.165, 1.54) is 17.7 Å². The van der Waals surface area contributed by atoms with Crippen LogP contribution in [0.3, 0.4) is 0 Å². The lowest BCUT2D eigenvalue weighted by molar-refractivity contribution is 0.627. The topological polar surface area (TPSA) is 30.2 Å². The number of rotatable bonds is 5. The zero-order chi connectivity index (χ0) is 18.5. The van der Waals surface area contributed by atoms with E-state index in [0.29, 0.717) is 0 Å². The van der Waals surface area contributed by atoms with E-state index in [9.17, 15) is 4.39 Å². The first kappa shape index (κ1) is 17.4. The second kappa shape index (κ2) is 8.10. The summed E-state index contributed by atoms with van der Waals surface area (Å²) in [7, 11) is 0. The summed E-state index contributed by atoms with van der Waals surface area (Å²) in [6.45, 7) is 0.791. The summed E-state index contributed by atoms with van der Waals surface area (Å²) in [6.07, 6.45) is 4.38. The monoisotopic (exact) mass is 375 g/mol.